The second-order valence-corrected chi connectivity index (χ2v) is 4.87. The van der Waals surface area contributed by atoms with E-state index in [9.17, 15) is 29.4 Å². The van der Waals surface area contributed by atoms with E-state index in [0.29, 0.717) is 0 Å². The van der Waals surface area contributed by atoms with Crippen molar-refractivity contribution in [2.45, 2.75) is 0 Å². The van der Waals surface area contributed by atoms with E-state index in [0.717, 1.165) is 30.3 Å². The molecule has 0 amide bonds. The number of aromatic hydroxyl groups is 2. The Kier molecular flexibility index (Phi) is 4.78. The third-order valence-electron chi connectivity index (χ3n) is 3.25. The van der Waals surface area contributed by atoms with Crippen LogP contribution in [0.25, 0.3) is 0 Å². The van der Waals surface area contributed by atoms with Gasteiger partial charge in [0.1, 0.15) is 11.3 Å². The number of ether oxygens (including phenoxy) is 1. The minimum atomic E-state index is -1.71. The number of esters is 1. The third kappa shape index (κ3) is 3.38. The number of phenolic OH excluding ortho intramolecular Hbond substituents is 1. The Labute approximate surface area is 144 Å². The molecule has 0 atom stereocenters. The second-order valence-electron chi connectivity index (χ2n) is 4.87. The lowest BCUT2D eigenvalue weighted by atomic mass is 10.1. The molecule has 0 saturated carbocycles. The van der Waals surface area contributed by atoms with Crippen molar-refractivity contribution in [1.29, 1.82) is 0 Å². The van der Waals surface area contributed by atoms with Crippen LogP contribution in [0, 0.1) is 0 Å². The molecule has 10 heteroatoms. The summed E-state index contributed by atoms with van der Waals surface area (Å²) in [5.41, 5.74) is -2.69. The van der Waals surface area contributed by atoms with Crippen LogP contribution in [0.15, 0.2) is 30.3 Å². The maximum absolute atomic E-state index is 12.2. The Balaban J connectivity index is 2.44. The van der Waals surface area contributed by atoms with Crippen molar-refractivity contribution in [3.63, 3.8) is 0 Å². The zero-order valence-corrected chi connectivity index (χ0v) is 12.7. The normalized spacial score (nSPS) is 10.2. The van der Waals surface area contributed by atoms with Crippen molar-refractivity contribution in [2.24, 2.45) is 0 Å². The van der Waals surface area contributed by atoms with Gasteiger partial charge in [0, 0.05) is 0 Å². The van der Waals surface area contributed by atoms with Crippen LogP contribution in [0.5, 0.6) is 17.2 Å². The maximum Gasteiger partial charge on any atom is 0.344 e. The number of carbonyl (C=O) groups is 4. The SMILES string of the molecule is O=C(O)c1ccc(OC(=O)c2ccc(O)c(O)c2C(=O)O)cc1C(=O)O. The predicted molar refractivity (Wildman–Crippen MR) is 82.1 cm³/mol. The highest BCUT2D eigenvalue weighted by atomic mass is 16.5. The summed E-state index contributed by atoms with van der Waals surface area (Å²) in [4.78, 5) is 45.5. The van der Waals surface area contributed by atoms with E-state index in [2.05, 4.69) is 0 Å². The number of rotatable bonds is 5. The molecule has 0 heterocycles. The van der Waals surface area contributed by atoms with Crippen LogP contribution in [-0.2, 0) is 0 Å². The van der Waals surface area contributed by atoms with Crippen LogP contribution in [0.1, 0.15) is 41.4 Å². The highest BCUT2D eigenvalue weighted by molar-refractivity contribution is 6.06. The topological polar surface area (TPSA) is 179 Å². The summed E-state index contributed by atoms with van der Waals surface area (Å²) >= 11 is 0. The minimum Gasteiger partial charge on any atom is -0.504 e. The van der Waals surface area contributed by atoms with Crippen LogP contribution in [0.4, 0.5) is 0 Å². The fourth-order valence-corrected chi connectivity index (χ4v) is 2.08. The number of benzene rings is 2. The summed E-state index contributed by atoms with van der Waals surface area (Å²) in [6.45, 7) is 0. The van der Waals surface area contributed by atoms with E-state index in [-0.39, 0.29) is 5.75 Å². The van der Waals surface area contributed by atoms with E-state index in [4.69, 9.17) is 20.1 Å². The van der Waals surface area contributed by atoms with Gasteiger partial charge >= 0.3 is 23.9 Å². The Morgan fingerprint density at radius 3 is 1.85 bits per heavy atom. The Morgan fingerprint density at radius 1 is 0.731 bits per heavy atom. The lowest BCUT2D eigenvalue weighted by Crippen LogP contribution is -2.15. The Morgan fingerprint density at radius 2 is 1.31 bits per heavy atom. The summed E-state index contributed by atoms with van der Waals surface area (Å²) < 4.78 is 4.86. The lowest BCUT2D eigenvalue weighted by Gasteiger charge is -2.10. The van der Waals surface area contributed by atoms with Gasteiger partial charge < -0.3 is 30.3 Å². The summed E-state index contributed by atoms with van der Waals surface area (Å²) in [5, 5.41) is 46.0. The van der Waals surface area contributed by atoms with Crippen LogP contribution >= 0.6 is 0 Å². The third-order valence-corrected chi connectivity index (χ3v) is 3.25. The van der Waals surface area contributed by atoms with Crippen LogP contribution in [0.3, 0.4) is 0 Å². The van der Waals surface area contributed by atoms with Crippen molar-refractivity contribution in [2.75, 3.05) is 0 Å². The standard InChI is InChI=1S/C16H10O10/c17-10-4-3-8(11(12(10)18)15(23)24)16(25)26-6-1-2-7(13(19)20)9(5-6)14(21)22/h1-5,17-18H,(H,19,20)(H,21,22)(H,23,24). The fourth-order valence-electron chi connectivity index (χ4n) is 2.08. The molecule has 10 nitrogen and oxygen atoms in total. The average molecular weight is 362 g/mol. The molecule has 0 radical (unpaired) electrons. The summed E-state index contributed by atoms with van der Waals surface area (Å²) in [6, 6.07) is 4.46. The van der Waals surface area contributed by atoms with E-state index < -0.39 is 57.6 Å². The first-order valence-electron chi connectivity index (χ1n) is 6.74. The number of carboxylic acid groups (broad SMARTS) is 3. The van der Waals surface area contributed by atoms with E-state index in [1.165, 1.54) is 0 Å². The average Bonchev–Trinajstić information content (AvgIpc) is 2.56. The van der Waals surface area contributed by atoms with Crippen molar-refractivity contribution in [1.82, 2.24) is 0 Å². The number of phenols is 2. The molecule has 0 aliphatic heterocycles. The fraction of sp³-hybridized carbons (Fsp3) is 0. The first-order valence-corrected chi connectivity index (χ1v) is 6.74. The van der Waals surface area contributed by atoms with Crippen LogP contribution in [-0.4, -0.2) is 49.4 Å². The molecule has 0 saturated heterocycles. The second kappa shape index (κ2) is 6.81. The molecule has 0 aliphatic carbocycles. The molecule has 134 valence electrons. The largest absolute Gasteiger partial charge is 0.504 e. The van der Waals surface area contributed by atoms with Gasteiger partial charge in [-0.3, -0.25) is 0 Å². The Hall–Kier alpha value is -4.08. The molecule has 0 fully saturated rings. The van der Waals surface area contributed by atoms with Gasteiger partial charge in [0.2, 0.25) is 0 Å². The zero-order valence-electron chi connectivity index (χ0n) is 12.7. The molecule has 0 unspecified atom stereocenters. The molecule has 0 aliphatic rings. The quantitative estimate of drug-likeness (QED) is 0.296. The van der Waals surface area contributed by atoms with Crippen molar-refractivity contribution in [3.8, 4) is 17.2 Å². The first-order chi connectivity index (χ1) is 12.1. The van der Waals surface area contributed by atoms with Gasteiger partial charge in [-0.1, -0.05) is 0 Å². The van der Waals surface area contributed by atoms with Crippen molar-refractivity contribution in [3.05, 3.63) is 52.6 Å². The molecular weight excluding hydrogens is 352 g/mol. The van der Waals surface area contributed by atoms with Crippen LogP contribution in [0.2, 0.25) is 0 Å². The molecule has 5 N–H and O–H groups in total. The molecule has 0 spiro atoms. The van der Waals surface area contributed by atoms with Crippen molar-refractivity contribution < 1.29 is 49.4 Å². The van der Waals surface area contributed by atoms with Gasteiger partial charge in [-0.05, 0) is 30.3 Å². The summed E-state index contributed by atoms with van der Waals surface area (Å²) in [6.07, 6.45) is 0. The van der Waals surface area contributed by atoms with Gasteiger partial charge in [0.25, 0.3) is 0 Å². The number of aromatic carboxylic acids is 3. The predicted octanol–water partition coefficient (Wildman–Crippen LogP) is 1.41. The molecule has 0 aromatic heterocycles. The monoisotopic (exact) mass is 362 g/mol. The highest BCUT2D eigenvalue weighted by Crippen LogP contribution is 2.32. The van der Waals surface area contributed by atoms with E-state index >= 15 is 0 Å². The molecule has 2 rings (SSSR count). The number of carbonyl (C=O) groups excluding carboxylic acids is 1. The number of hydrogen-bond acceptors (Lipinski definition) is 7. The first kappa shape index (κ1) is 18.3. The van der Waals surface area contributed by atoms with Crippen molar-refractivity contribution >= 4 is 23.9 Å². The Bertz CT molecular complexity index is 944. The molecule has 2 aromatic rings. The summed E-state index contributed by atoms with van der Waals surface area (Å²) in [7, 11) is 0. The van der Waals surface area contributed by atoms with E-state index in [1.54, 1.807) is 0 Å². The number of carboxylic acids is 3. The van der Waals surface area contributed by atoms with Gasteiger partial charge in [0.05, 0.1) is 16.7 Å². The smallest absolute Gasteiger partial charge is 0.344 e. The van der Waals surface area contributed by atoms with Gasteiger partial charge in [-0.15, -0.1) is 0 Å². The summed E-state index contributed by atoms with van der Waals surface area (Å²) in [5.74, 6) is -8.22. The van der Waals surface area contributed by atoms with Gasteiger partial charge in [0.15, 0.2) is 11.5 Å². The molecule has 26 heavy (non-hydrogen) atoms. The maximum atomic E-state index is 12.2. The lowest BCUT2D eigenvalue weighted by molar-refractivity contribution is 0.0648. The molecular formula is C16H10O10. The minimum absolute atomic E-state index is 0.360. The number of hydrogen-bond donors (Lipinski definition) is 5. The highest BCUT2D eigenvalue weighted by Gasteiger charge is 2.25. The van der Waals surface area contributed by atoms with Gasteiger partial charge in [-0.2, -0.15) is 0 Å². The van der Waals surface area contributed by atoms with Crippen LogP contribution < -0.4 is 4.74 Å². The van der Waals surface area contributed by atoms with E-state index in [1.807, 2.05) is 0 Å². The zero-order chi connectivity index (χ0) is 19.6. The molecule has 0 bridgehead atoms. The molecule has 2 aromatic carbocycles. The van der Waals surface area contributed by atoms with Gasteiger partial charge in [-0.25, -0.2) is 19.2 Å².